The number of benzene rings is 6. The number of nitrogens with zero attached hydrogens (tertiary/aromatic N) is 5. The van der Waals surface area contributed by atoms with E-state index in [1.807, 2.05) is 24.4 Å². The Morgan fingerprint density at radius 1 is 0.453 bits per heavy atom. The van der Waals surface area contributed by atoms with Gasteiger partial charge in [0.2, 0.25) is 0 Å². The average Bonchev–Trinajstić information content (AvgIpc) is 3.68. The van der Waals surface area contributed by atoms with E-state index in [0.717, 1.165) is 49.7 Å². The van der Waals surface area contributed by atoms with Crippen molar-refractivity contribution in [1.82, 2.24) is 4.98 Å². The molecule has 0 fully saturated rings. The Hall–Kier alpha value is -6.46. The van der Waals surface area contributed by atoms with Crippen LogP contribution in [0.1, 0.15) is 45.8 Å². The summed E-state index contributed by atoms with van der Waals surface area (Å²) in [7, 11) is 0. The van der Waals surface area contributed by atoms with Gasteiger partial charge in [0.15, 0.2) is 0 Å². The van der Waals surface area contributed by atoms with E-state index in [4.69, 9.17) is 10.1 Å². The molecule has 6 aromatic carbocycles. The Morgan fingerprint density at radius 3 is 1.28 bits per heavy atom. The molecule has 2 heterocycles. The van der Waals surface area contributed by atoms with Crippen LogP contribution in [0.2, 0.25) is 0 Å². The largest absolute Gasteiger partial charge is 0.363 e. The highest BCUT2D eigenvalue weighted by atomic mass is 15.5. The lowest BCUT2D eigenvalue weighted by Crippen LogP contribution is -2.22. The lowest BCUT2D eigenvalue weighted by molar-refractivity contribution is 0.698. The molecule has 5 nitrogen and oxygen atoms in total. The van der Waals surface area contributed by atoms with E-state index in [-0.39, 0.29) is 6.04 Å². The Bertz CT molecular complexity index is 2110. The van der Waals surface area contributed by atoms with Crippen LogP contribution in [-0.2, 0) is 26.2 Å². The molecule has 5 heteroatoms. The summed E-state index contributed by atoms with van der Waals surface area (Å²) in [4.78, 5) is 9.61. The fourth-order valence-corrected chi connectivity index (χ4v) is 7.11. The molecule has 0 aliphatic carbocycles. The molecule has 8 rings (SSSR count). The lowest BCUT2D eigenvalue weighted by Gasteiger charge is -2.27. The van der Waals surface area contributed by atoms with E-state index < -0.39 is 0 Å². The summed E-state index contributed by atoms with van der Waals surface area (Å²) < 4.78 is 0. The normalized spacial score (nSPS) is 13.8. The first kappa shape index (κ1) is 33.7. The fraction of sp³-hybridized carbons (Fsp3) is 0.125. The van der Waals surface area contributed by atoms with Crippen LogP contribution >= 0.6 is 0 Å². The second-order valence-corrected chi connectivity index (χ2v) is 13.6. The van der Waals surface area contributed by atoms with Gasteiger partial charge in [0.1, 0.15) is 5.82 Å². The van der Waals surface area contributed by atoms with Crippen molar-refractivity contribution in [2.24, 2.45) is 5.10 Å². The Morgan fingerprint density at radius 2 is 0.868 bits per heavy atom. The minimum atomic E-state index is 0.0259. The van der Waals surface area contributed by atoms with Crippen molar-refractivity contribution in [2.75, 3.05) is 14.8 Å². The van der Waals surface area contributed by atoms with Gasteiger partial charge in [-0.25, -0.2) is 9.99 Å². The van der Waals surface area contributed by atoms with Gasteiger partial charge in [0.25, 0.3) is 0 Å². The zero-order valence-electron chi connectivity index (χ0n) is 29.8. The van der Waals surface area contributed by atoms with Crippen molar-refractivity contribution in [3.63, 3.8) is 0 Å². The van der Waals surface area contributed by atoms with E-state index >= 15 is 0 Å². The van der Waals surface area contributed by atoms with Crippen molar-refractivity contribution in [3.8, 4) is 0 Å². The van der Waals surface area contributed by atoms with E-state index in [1.165, 1.54) is 39.2 Å². The third-order valence-corrected chi connectivity index (χ3v) is 9.87. The van der Waals surface area contributed by atoms with Gasteiger partial charge in [-0.05, 0) is 69.8 Å². The van der Waals surface area contributed by atoms with Gasteiger partial charge < -0.3 is 9.80 Å². The molecule has 7 aromatic rings. The molecule has 1 aliphatic heterocycles. The van der Waals surface area contributed by atoms with Crippen molar-refractivity contribution in [2.45, 2.75) is 38.6 Å². The van der Waals surface area contributed by atoms with Gasteiger partial charge >= 0.3 is 0 Å². The van der Waals surface area contributed by atoms with Crippen molar-refractivity contribution >= 4 is 22.9 Å². The molecule has 0 saturated carbocycles. The third kappa shape index (κ3) is 8.37. The molecule has 0 saturated heterocycles. The number of rotatable bonds is 13. The topological polar surface area (TPSA) is 35.0 Å². The first-order valence-corrected chi connectivity index (χ1v) is 18.4. The summed E-state index contributed by atoms with van der Waals surface area (Å²) in [5.41, 5.74) is 10.9. The highest BCUT2D eigenvalue weighted by Gasteiger charge is 2.31. The minimum Gasteiger partial charge on any atom is -0.363 e. The second-order valence-electron chi connectivity index (χ2n) is 13.6. The predicted octanol–water partition coefficient (Wildman–Crippen LogP) is 10.9. The SMILES string of the molecule is c1ccc(CN(Cc2ccccc2)c2ccc(C3=NN(c4ccccn4)C(c4ccc(N(Cc5ccccc5)Cc5ccccc5)cc4)C3)cc2)cc1. The smallest absolute Gasteiger partial charge is 0.149 e. The van der Waals surface area contributed by atoms with Crippen LogP contribution in [0.4, 0.5) is 17.2 Å². The molecule has 1 atom stereocenters. The predicted molar refractivity (Wildman–Crippen MR) is 219 cm³/mol. The number of hydrogen-bond donors (Lipinski definition) is 0. The summed E-state index contributed by atoms with van der Waals surface area (Å²) >= 11 is 0. The number of aromatic nitrogens is 1. The maximum Gasteiger partial charge on any atom is 0.149 e. The first-order valence-electron chi connectivity index (χ1n) is 18.4. The van der Waals surface area contributed by atoms with Crippen LogP contribution in [0.15, 0.2) is 199 Å². The molecular weight excluding hydrogens is 647 g/mol. The molecule has 1 unspecified atom stereocenters. The van der Waals surface area contributed by atoms with E-state index in [9.17, 15) is 0 Å². The zero-order chi connectivity index (χ0) is 35.7. The molecule has 0 radical (unpaired) electrons. The first-order chi connectivity index (χ1) is 26.2. The average molecular weight is 690 g/mol. The van der Waals surface area contributed by atoms with Crippen molar-refractivity contribution in [1.29, 1.82) is 0 Å². The minimum absolute atomic E-state index is 0.0259. The molecule has 0 N–H and O–H groups in total. The van der Waals surface area contributed by atoms with Crippen LogP contribution in [0, 0.1) is 0 Å². The fourth-order valence-electron chi connectivity index (χ4n) is 7.11. The molecule has 0 amide bonds. The highest BCUT2D eigenvalue weighted by Crippen LogP contribution is 2.37. The number of hydrogen-bond acceptors (Lipinski definition) is 5. The van der Waals surface area contributed by atoms with Crippen LogP contribution in [-0.4, -0.2) is 10.7 Å². The molecule has 0 spiro atoms. The summed E-state index contributed by atoms with van der Waals surface area (Å²) in [5.74, 6) is 0.847. The molecule has 260 valence electrons. The Kier molecular flexibility index (Phi) is 10.3. The molecular formula is C48H43N5. The number of anilines is 3. The quantitative estimate of drug-likeness (QED) is 0.121. The van der Waals surface area contributed by atoms with E-state index in [2.05, 4.69) is 185 Å². The van der Waals surface area contributed by atoms with Crippen LogP contribution < -0.4 is 14.8 Å². The van der Waals surface area contributed by atoms with E-state index in [0.29, 0.717) is 0 Å². The van der Waals surface area contributed by atoms with E-state index in [1.54, 1.807) is 0 Å². The third-order valence-electron chi connectivity index (χ3n) is 9.87. The number of hydrazone groups is 1. The summed E-state index contributed by atoms with van der Waals surface area (Å²) in [6, 6.07) is 66.8. The standard InChI is InChI=1S/C48H43N5/c1-5-15-38(16-6-1)34-51(35-39-17-7-2-8-18-39)44-28-24-42(25-29-44)46-33-47(53(50-46)48-23-13-14-32-49-48)43-26-30-45(31-27-43)52(36-40-19-9-3-10-20-40)37-41-21-11-4-12-22-41/h1-32,47H,33-37H2. The van der Waals surface area contributed by atoms with Crippen LogP contribution in [0.3, 0.4) is 0 Å². The van der Waals surface area contributed by atoms with Crippen LogP contribution in [0.25, 0.3) is 0 Å². The Balaban J connectivity index is 1.05. The zero-order valence-corrected chi connectivity index (χ0v) is 29.8. The maximum atomic E-state index is 5.23. The van der Waals surface area contributed by atoms with Gasteiger partial charge in [0, 0.05) is 50.2 Å². The van der Waals surface area contributed by atoms with Gasteiger partial charge in [-0.2, -0.15) is 5.10 Å². The maximum absolute atomic E-state index is 5.23. The molecule has 53 heavy (non-hydrogen) atoms. The Labute approximate surface area is 313 Å². The monoisotopic (exact) mass is 689 g/mol. The number of pyridine rings is 1. The highest BCUT2D eigenvalue weighted by molar-refractivity contribution is 6.03. The van der Waals surface area contributed by atoms with Crippen LogP contribution in [0.5, 0.6) is 0 Å². The molecule has 1 aliphatic rings. The summed E-state index contributed by atoms with van der Waals surface area (Å²) in [6.07, 6.45) is 2.63. The lowest BCUT2D eigenvalue weighted by atomic mass is 9.97. The van der Waals surface area contributed by atoms with Gasteiger partial charge in [-0.3, -0.25) is 0 Å². The summed E-state index contributed by atoms with van der Waals surface area (Å²) in [5, 5.41) is 7.33. The van der Waals surface area contributed by atoms with Gasteiger partial charge in [-0.15, -0.1) is 0 Å². The van der Waals surface area contributed by atoms with Gasteiger partial charge in [0.05, 0.1) is 11.8 Å². The van der Waals surface area contributed by atoms with Crippen molar-refractivity contribution in [3.05, 3.63) is 228 Å². The summed E-state index contributed by atoms with van der Waals surface area (Å²) in [6.45, 7) is 3.32. The molecule has 1 aromatic heterocycles. The molecule has 0 bridgehead atoms. The van der Waals surface area contributed by atoms with Crippen molar-refractivity contribution < 1.29 is 0 Å². The van der Waals surface area contributed by atoms with Gasteiger partial charge in [-0.1, -0.05) is 152 Å². The second kappa shape index (κ2) is 16.3.